The summed E-state index contributed by atoms with van der Waals surface area (Å²) in [4.78, 5) is 23.3. The number of carbonyl (C=O) groups excluding carboxylic acids is 1. The standard InChI is InChI=1S/C20H27NO4/c1-12(21-18(22)15-5-6-16(15)19(23)24)10-13-4-7-17-14(11-13)8-9-20(2,3)25-17/h4,7,11-12,15-16H,5-6,8-10H2,1-3H3,(H,21,22)(H,23,24)/t12-,15-,16+/m1/s1. The first-order valence-electron chi connectivity index (χ1n) is 9.09. The van der Waals surface area contributed by atoms with E-state index in [0.29, 0.717) is 12.8 Å². The number of hydrogen-bond donors (Lipinski definition) is 2. The lowest BCUT2D eigenvalue weighted by molar-refractivity contribution is -0.152. The first-order chi connectivity index (χ1) is 11.7. The summed E-state index contributed by atoms with van der Waals surface area (Å²) in [6.45, 7) is 6.17. The molecule has 1 aromatic carbocycles. The topological polar surface area (TPSA) is 75.6 Å². The fourth-order valence-corrected chi connectivity index (χ4v) is 3.70. The van der Waals surface area contributed by atoms with Crippen molar-refractivity contribution in [2.24, 2.45) is 11.8 Å². The molecule has 0 aromatic heterocycles. The molecule has 0 spiro atoms. The molecule has 2 N–H and O–H groups in total. The second-order valence-corrected chi connectivity index (χ2v) is 8.05. The number of benzene rings is 1. The Morgan fingerprint density at radius 1 is 1.32 bits per heavy atom. The summed E-state index contributed by atoms with van der Waals surface area (Å²) in [5.41, 5.74) is 2.28. The van der Waals surface area contributed by atoms with Crippen LogP contribution in [0.15, 0.2) is 18.2 Å². The smallest absolute Gasteiger partial charge is 0.307 e. The molecule has 3 atom stereocenters. The van der Waals surface area contributed by atoms with Gasteiger partial charge in [0, 0.05) is 6.04 Å². The maximum absolute atomic E-state index is 12.3. The highest BCUT2D eigenvalue weighted by Crippen LogP contribution is 2.35. The first kappa shape index (κ1) is 17.8. The first-order valence-corrected chi connectivity index (χ1v) is 9.09. The molecule has 5 heteroatoms. The van der Waals surface area contributed by atoms with Crippen LogP contribution in [0.4, 0.5) is 0 Å². The maximum atomic E-state index is 12.3. The number of amides is 1. The van der Waals surface area contributed by atoms with Gasteiger partial charge in [0.05, 0.1) is 11.8 Å². The number of fused-ring (bicyclic) bond motifs is 1. The molecule has 0 unspecified atom stereocenters. The number of hydrogen-bond acceptors (Lipinski definition) is 3. The van der Waals surface area contributed by atoms with E-state index in [1.165, 1.54) is 11.1 Å². The normalized spacial score (nSPS) is 25.1. The molecule has 1 aliphatic heterocycles. The SMILES string of the molecule is C[C@H](Cc1ccc2c(c1)CCC(C)(C)O2)NC(=O)[C@@H]1CC[C@@H]1C(=O)O. The molecule has 0 radical (unpaired) electrons. The summed E-state index contributed by atoms with van der Waals surface area (Å²) >= 11 is 0. The molecule has 0 saturated heterocycles. The maximum Gasteiger partial charge on any atom is 0.307 e. The molecule has 1 amide bonds. The lowest BCUT2D eigenvalue weighted by atomic mass is 9.73. The molecule has 1 saturated carbocycles. The van der Waals surface area contributed by atoms with Gasteiger partial charge >= 0.3 is 5.97 Å². The summed E-state index contributed by atoms with van der Waals surface area (Å²) in [6.07, 6.45) is 3.99. The predicted octanol–water partition coefficient (Wildman–Crippen LogP) is 2.95. The Morgan fingerprint density at radius 3 is 2.68 bits per heavy atom. The van der Waals surface area contributed by atoms with E-state index in [1.54, 1.807) is 0 Å². The monoisotopic (exact) mass is 345 g/mol. The Balaban J connectivity index is 1.57. The van der Waals surface area contributed by atoms with Gasteiger partial charge < -0.3 is 15.2 Å². The van der Waals surface area contributed by atoms with Gasteiger partial charge in [-0.15, -0.1) is 0 Å². The van der Waals surface area contributed by atoms with Crippen LogP contribution in [-0.2, 0) is 22.4 Å². The highest BCUT2D eigenvalue weighted by Gasteiger charge is 2.41. The predicted molar refractivity (Wildman–Crippen MR) is 94.6 cm³/mol. The minimum absolute atomic E-state index is 0.0263. The van der Waals surface area contributed by atoms with Crippen LogP contribution in [0.1, 0.15) is 51.2 Å². The van der Waals surface area contributed by atoms with Gasteiger partial charge in [-0.25, -0.2) is 0 Å². The highest BCUT2D eigenvalue weighted by molar-refractivity contribution is 5.86. The largest absolute Gasteiger partial charge is 0.488 e. The van der Waals surface area contributed by atoms with Crippen molar-refractivity contribution in [2.75, 3.05) is 0 Å². The van der Waals surface area contributed by atoms with Crippen molar-refractivity contribution < 1.29 is 19.4 Å². The van der Waals surface area contributed by atoms with Crippen LogP contribution < -0.4 is 10.1 Å². The quantitative estimate of drug-likeness (QED) is 0.860. The summed E-state index contributed by atoms with van der Waals surface area (Å²) in [7, 11) is 0. The number of nitrogens with one attached hydrogen (secondary N) is 1. The van der Waals surface area contributed by atoms with Crippen LogP contribution >= 0.6 is 0 Å². The van der Waals surface area contributed by atoms with Crippen LogP contribution in [0.3, 0.4) is 0 Å². The Kier molecular flexibility index (Phi) is 4.76. The summed E-state index contributed by atoms with van der Waals surface area (Å²) < 4.78 is 6.01. The lowest BCUT2D eigenvalue weighted by Crippen LogP contribution is -2.47. The lowest BCUT2D eigenvalue weighted by Gasteiger charge is -2.33. The molecular formula is C20H27NO4. The van der Waals surface area contributed by atoms with Gasteiger partial charge in [-0.1, -0.05) is 12.1 Å². The summed E-state index contributed by atoms with van der Waals surface area (Å²) in [5, 5.41) is 12.1. The average molecular weight is 345 g/mol. The van der Waals surface area contributed by atoms with E-state index < -0.39 is 11.9 Å². The second kappa shape index (κ2) is 6.70. The third-order valence-corrected chi connectivity index (χ3v) is 5.37. The van der Waals surface area contributed by atoms with E-state index in [0.717, 1.165) is 25.0 Å². The van der Waals surface area contributed by atoms with Gasteiger partial charge in [-0.3, -0.25) is 9.59 Å². The zero-order valence-electron chi connectivity index (χ0n) is 15.2. The minimum atomic E-state index is -0.864. The van der Waals surface area contributed by atoms with E-state index in [-0.39, 0.29) is 23.5 Å². The molecule has 3 rings (SSSR count). The third kappa shape index (κ3) is 3.97. The molecule has 136 valence electrons. The van der Waals surface area contributed by atoms with E-state index in [9.17, 15) is 9.59 Å². The van der Waals surface area contributed by atoms with Crippen molar-refractivity contribution in [3.05, 3.63) is 29.3 Å². The van der Waals surface area contributed by atoms with Gasteiger partial charge in [-0.2, -0.15) is 0 Å². The van der Waals surface area contributed by atoms with Gasteiger partial charge in [0.2, 0.25) is 5.91 Å². The van der Waals surface area contributed by atoms with Crippen molar-refractivity contribution >= 4 is 11.9 Å². The Bertz CT molecular complexity index is 682. The minimum Gasteiger partial charge on any atom is -0.488 e. The van der Waals surface area contributed by atoms with E-state index in [4.69, 9.17) is 9.84 Å². The van der Waals surface area contributed by atoms with Gasteiger partial charge in [0.1, 0.15) is 11.4 Å². The van der Waals surface area contributed by atoms with Crippen molar-refractivity contribution in [3.63, 3.8) is 0 Å². The summed E-state index contributed by atoms with van der Waals surface area (Å²) in [6, 6.07) is 6.21. The van der Waals surface area contributed by atoms with Gasteiger partial charge in [0.25, 0.3) is 0 Å². The average Bonchev–Trinajstić information content (AvgIpc) is 2.44. The molecule has 1 aliphatic carbocycles. The number of carbonyl (C=O) groups is 2. The number of ether oxygens (including phenoxy) is 1. The van der Waals surface area contributed by atoms with Crippen LogP contribution in [0.5, 0.6) is 5.75 Å². The van der Waals surface area contributed by atoms with E-state index >= 15 is 0 Å². The molecule has 1 aromatic rings. The Labute approximate surface area is 148 Å². The fraction of sp³-hybridized carbons (Fsp3) is 0.600. The number of carboxylic acids is 1. The molecule has 1 heterocycles. The van der Waals surface area contributed by atoms with Crippen molar-refractivity contribution in [1.82, 2.24) is 5.32 Å². The zero-order valence-corrected chi connectivity index (χ0v) is 15.2. The Hall–Kier alpha value is -2.04. The van der Waals surface area contributed by atoms with E-state index in [2.05, 4.69) is 25.2 Å². The third-order valence-electron chi connectivity index (χ3n) is 5.37. The number of rotatable bonds is 5. The zero-order chi connectivity index (χ0) is 18.2. The van der Waals surface area contributed by atoms with Crippen molar-refractivity contribution in [1.29, 1.82) is 0 Å². The number of carboxylic acid groups (broad SMARTS) is 1. The van der Waals surface area contributed by atoms with Gasteiger partial charge in [0.15, 0.2) is 0 Å². The summed E-state index contributed by atoms with van der Waals surface area (Å²) in [5.74, 6) is -0.933. The fourth-order valence-electron chi connectivity index (χ4n) is 3.70. The van der Waals surface area contributed by atoms with Crippen LogP contribution in [0.2, 0.25) is 0 Å². The van der Waals surface area contributed by atoms with Crippen molar-refractivity contribution in [3.8, 4) is 5.75 Å². The second-order valence-electron chi connectivity index (χ2n) is 8.05. The molecule has 25 heavy (non-hydrogen) atoms. The van der Waals surface area contributed by atoms with Crippen LogP contribution in [0, 0.1) is 11.8 Å². The van der Waals surface area contributed by atoms with Crippen molar-refractivity contribution in [2.45, 2.75) is 64.5 Å². The van der Waals surface area contributed by atoms with Crippen LogP contribution in [0.25, 0.3) is 0 Å². The molecule has 0 bridgehead atoms. The highest BCUT2D eigenvalue weighted by atomic mass is 16.5. The number of aryl methyl sites for hydroxylation is 1. The molecule has 1 fully saturated rings. The number of aliphatic carboxylic acids is 1. The molecular weight excluding hydrogens is 318 g/mol. The molecule has 5 nitrogen and oxygen atoms in total. The Morgan fingerprint density at radius 2 is 2.04 bits per heavy atom. The van der Waals surface area contributed by atoms with Gasteiger partial charge in [-0.05, 0) is 70.1 Å². The van der Waals surface area contributed by atoms with Crippen LogP contribution in [-0.4, -0.2) is 28.6 Å². The molecule has 2 aliphatic rings. The van der Waals surface area contributed by atoms with E-state index in [1.807, 2.05) is 19.1 Å².